The van der Waals surface area contributed by atoms with Gasteiger partial charge in [0, 0.05) is 17.7 Å². The van der Waals surface area contributed by atoms with Crippen molar-refractivity contribution in [2.45, 2.75) is 0 Å². The summed E-state index contributed by atoms with van der Waals surface area (Å²) in [5.41, 5.74) is 1.31. The van der Waals surface area contributed by atoms with Crippen LogP contribution < -0.4 is 10.9 Å². The second-order valence-corrected chi connectivity index (χ2v) is 6.76. The van der Waals surface area contributed by atoms with Gasteiger partial charge in [-0.05, 0) is 24.3 Å². The quantitative estimate of drug-likeness (QED) is 0.374. The smallest absolute Gasteiger partial charge is 0.275 e. The van der Waals surface area contributed by atoms with E-state index < -0.39 is 16.4 Å². The number of aromatic amines is 1. The average molecular weight is 421 g/mol. The van der Waals surface area contributed by atoms with Gasteiger partial charge < -0.3 is 10.3 Å². The number of carbonyl (C=O) groups is 1. The van der Waals surface area contributed by atoms with Crippen LogP contribution >= 0.6 is 11.6 Å². The van der Waals surface area contributed by atoms with Crippen LogP contribution in [0.5, 0.6) is 0 Å². The van der Waals surface area contributed by atoms with Crippen LogP contribution in [-0.4, -0.2) is 20.8 Å². The number of H-pyrrole nitrogens is 1. The molecule has 0 radical (unpaired) electrons. The standard InChI is InChI=1S/C21H13ClN4O4/c22-15-10-9-12(26(29)30)11-14(15)20(27)24-16-6-2-1-5-13(16)19-21(28)25-18-8-4-3-7-17(18)23-19/h1-11H,(H,24,27)(H,25,28). The van der Waals surface area contributed by atoms with Crippen molar-refractivity contribution in [3.63, 3.8) is 0 Å². The van der Waals surface area contributed by atoms with Crippen LogP contribution in [0.4, 0.5) is 11.4 Å². The van der Waals surface area contributed by atoms with Gasteiger partial charge in [-0.2, -0.15) is 0 Å². The third-order valence-electron chi connectivity index (χ3n) is 4.44. The van der Waals surface area contributed by atoms with E-state index in [9.17, 15) is 19.7 Å². The molecule has 0 aliphatic heterocycles. The molecule has 1 heterocycles. The lowest BCUT2D eigenvalue weighted by Crippen LogP contribution is -2.16. The van der Waals surface area contributed by atoms with Gasteiger partial charge in [-0.15, -0.1) is 0 Å². The molecule has 0 saturated carbocycles. The molecule has 30 heavy (non-hydrogen) atoms. The number of halogens is 1. The van der Waals surface area contributed by atoms with Crippen LogP contribution in [-0.2, 0) is 0 Å². The summed E-state index contributed by atoms with van der Waals surface area (Å²) >= 11 is 6.06. The number of benzene rings is 3. The Morgan fingerprint density at radius 3 is 2.60 bits per heavy atom. The summed E-state index contributed by atoms with van der Waals surface area (Å²) in [6, 6.07) is 17.3. The SMILES string of the molecule is O=C(Nc1ccccc1-c1nc2ccccc2[nH]c1=O)c1cc([N+](=O)[O-])ccc1Cl. The Kier molecular flexibility index (Phi) is 4.99. The summed E-state index contributed by atoms with van der Waals surface area (Å²) in [6.07, 6.45) is 0. The lowest BCUT2D eigenvalue weighted by Gasteiger charge is -2.11. The second kappa shape index (κ2) is 7.76. The molecule has 9 heteroatoms. The topological polar surface area (TPSA) is 118 Å². The predicted octanol–water partition coefficient (Wildman–Crippen LogP) is 4.40. The molecule has 4 rings (SSSR count). The van der Waals surface area contributed by atoms with E-state index in [2.05, 4.69) is 15.3 Å². The Bertz CT molecular complexity index is 1370. The Morgan fingerprint density at radius 1 is 1.07 bits per heavy atom. The predicted molar refractivity (Wildman–Crippen MR) is 114 cm³/mol. The zero-order valence-electron chi connectivity index (χ0n) is 15.3. The van der Waals surface area contributed by atoms with Crippen LogP contribution in [0.1, 0.15) is 10.4 Å². The number of non-ortho nitro benzene ring substituents is 1. The number of nitrogens with one attached hydrogen (secondary N) is 2. The highest BCUT2D eigenvalue weighted by Crippen LogP contribution is 2.27. The maximum atomic E-state index is 12.8. The molecule has 0 saturated heterocycles. The normalized spacial score (nSPS) is 10.7. The molecule has 4 aromatic rings. The lowest BCUT2D eigenvalue weighted by atomic mass is 10.1. The molecule has 0 atom stereocenters. The zero-order valence-corrected chi connectivity index (χ0v) is 16.0. The summed E-state index contributed by atoms with van der Waals surface area (Å²) in [5, 5.41) is 13.7. The molecule has 0 bridgehead atoms. The van der Waals surface area contributed by atoms with Gasteiger partial charge in [0.05, 0.1) is 32.2 Å². The molecule has 1 aromatic heterocycles. The minimum absolute atomic E-state index is 0.0546. The number of hydrogen-bond donors (Lipinski definition) is 2. The summed E-state index contributed by atoms with van der Waals surface area (Å²) in [4.78, 5) is 43.0. The van der Waals surface area contributed by atoms with E-state index in [4.69, 9.17) is 11.6 Å². The fraction of sp³-hybridized carbons (Fsp3) is 0. The first-order valence-electron chi connectivity index (χ1n) is 8.78. The Hall–Kier alpha value is -4.04. The molecule has 1 amide bonds. The maximum absolute atomic E-state index is 12.8. The number of anilines is 1. The summed E-state index contributed by atoms with van der Waals surface area (Å²) in [7, 11) is 0. The highest BCUT2D eigenvalue weighted by Gasteiger charge is 2.18. The first-order valence-corrected chi connectivity index (χ1v) is 9.15. The van der Waals surface area contributed by atoms with Crippen molar-refractivity contribution in [3.05, 3.63) is 97.8 Å². The van der Waals surface area contributed by atoms with Crippen molar-refractivity contribution < 1.29 is 9.72 Å². The number of rotatable bonds is 4. The van der Waals surface area contributed by atoms with Crippen LogP contribution in [0.15, 0.2) is 71.5 Å². The number of nitrogens with zero attached hydrogens (tertiary/aromatic N) is 2. The van der Waals surface area contributed by atoms with Gasteiger partial charge in [-0.3, -0.25) is 19.7 Å². The number of carbonyl (C=O) groups excluding carboxylic acids is 1. The number of aromatic nitrogens is 2. The van der Waals surface area contributed by atoms with Crippen molar-refractivity contribution >= 4 is 39.9 Å². The summed E-state index contributed by atoms with van der Waals surface area (Å²) in [6.45, 7) is 0. The molecule has 8 nitrogen and oxygen atoms in total. The van der Waals surface area contributed by atoms with Crippen LogP contribution in [0.25, 0.3) is 22.3 Å². The molecule has 2 N–H and O–H groups in total. The average Bonchev–Trinajstić information content (AvgIpc) is 2.74. The Balaban J connectivity index is 1.76. The largest absolute Gasteiger partial charge is 0.321 e. The molecule has 0 fully saturated rings. The van der Waals surface area contributed by atoms with Crippen LogP contribution in [0.3, 0.4) is 0 Å². The van der Waals surface area contributed by atoms with Gasteiger partial charge in [-0.25, -0.2) is 4.98 Å². The molecule has 3 aromatic carbocycles. The van der Waals surface area contributed by atoms with Crippen molar-refractivity contribution in [1.29, 1.82) is 0 Å². The van der Waals surface area contributed by atoms with E-state index >= 15 is 0 Å². The maximum Gasteiger partial charge on any atom is 0.275 e. The van der Waals surface area contributed by atoms with E-state index in [1.165, 1.54) is 12.1 Å². The minimum Gasteiger partial charge on any atom is -0.321 e. The first kappa shape index (κ1) is 19.3. The van der Waals surface area contributed by atoms with Gasteiger partial charge in [0.15, 0.2) is 0 Å². The molecule has 0 aliphatic carbocycles. The fourth-order valence-electron chi connectivity index (χ4n) is 3.00. The van der Waals surface area contributed by atoms with Gasteiger partial charge in [0.1, 0.15) is 5.69 Å². The van der Waals surface area contributed by atoms with Crippen molar-refractivity contribution in [2.75, 3.05) is 5.32 Å². The number of para-hydroxylation sites is 3. The molecule has 0 aliphatic rings. The van der Waals surface area contributed by atoms with E-state index in [1.807, 2.05) is 0 Å². The summed E-state index contributed by atoms with van der Waals surface area (Å²) < 4.78 is 0. The zero-order chi connectivity index (χ0) is 21.3. The molecule has 148 valence electrons. The molecular weight excluding hydrogens is 408 g/mol. The molecular formula is C21H13ClN4O4. The van der Waals surface area contributed by atoms with Crippen molar-refractivity contribution in [1.82, 2.24) is 9.97 Å². The monoisotopic (exact) mass is 420 g/mol. The van der Waals surface area contributed by atoms with E-state index in [0.717, 1.165) is 6.07 Å². The van der Waals surface area contributed by atoms with Gasteiger partial charge in [0.25, 0.3) is 17.2 Å². The number of nitro groups is 1. The number of hydrogen-bond acceptors (Lipinski definition) is 5. The molecule has 0 spiro atoms. The highest BCUT2D eigenvalue weighted by molar-refractivity contribution is 6.34. The van der Waals surface area contributed by atoms with E-state index in [-0.39, 0.29) is 22.0 Å². The van der Waals surface area contributed by atoms with Gasteiger partial charge in [0.2, 0.25) is 0 Å². The van der Waals surface area contributed by atoms with Crippen LogP contribution in [0.2, 0.25) is 5.02 Å². The Morgan fingerprint density at radius 2 is 1.80 bits per heavy atom. The summed E-state index contributed by atoms with van der Waals surface area (Å²) in [5.74, 6) is -0.645. The number of fused-ring (bicyclic) bond motifs is 1. The first-order chi connectivity index (χ1) is 14.4. The Labute approximate surface area is 174 Å². The van der Waals surface area contributed by atoms with Crippen LogP contribution in [0, 0.1) is 10.1 Å². The van der Waals surface area contributed by atoms with E-state index in [1.54, 1.807) is 48.5 Å². The highest BCUT2D eigenvalue weighted by atomic mass is 35.5. The number of nitro benzene ring substituents is 1. The van der Waals surface area contributed by atoms with E-state index in [0.29, 0.717) is 22.3 Å². The fourth-order valence-corrected chi connectivity index (χ4v) is 3.20. The number of amides is 1. The minimum atomic E-state index is -0.645. The van der Waals surface area contributed by atoms with Gasteiger partial charge in [-0.1, -0.05) is 41.9 Å². The van der Waals surface area contributed by atoms with Crippen molar-refractivity contribution in [3.8, 4) is 11.3 Å². The second-order valence-electron chi connectivity index (χ2n) is 6.35. The third kappa shape index (κ3) is 3.63. The van der Waals surface area contributed by atoms with Gasteiger partial charge >= 0.3 is 0 Å². The van der Waals surface area contributed by atoms with Crippen molar-refractivity contribution in [2.24, 2.45) is 0 Å². The molecule has 0 unspecified atom stereocenters. The third-order valence-corrected chi connectivity index (χ3v) is 4.76. The lowest BCUT2D eigenvalue weighted by molar-refractivity contribution is -0.384.